The van der Waals surface area contributed by atoms with Crippen LogP contribution in [0, 0.1) is 6.92 Å². The molecule has 0 saturated heterocycles. The van der Waals surface area contributed by atoms with E-state index in [1.165, 1.54) is 11.3 Å². The molecule has 3 nitrogen and oxygen atoms in total. The minimum atomic E-state index is 0.729. The minimum Gasteiger partial charge on any atom is -0.253 e. The molecule has 0 saturated carbocycles. The zero-order valence-electron chi connectivity index (χ0n) is 12.0. The van der Waals surface area contributed by atoms with Gasteiger partial charge in [0, 0.05) is 21.5 Å². The highest BCUT2D eigenvalue weighted by atomic mass is 35.5. The third-order valence-corrected chi connectivity index (χ3v) is 4.30. The van der Waals surface area contributed by atoms with E-state index in [4.69, 9.17) is 11.6 Å². The van der Waals surface area contributed by atoms with E-state index in [-0.39, 0.29) is 0 Å². The van der Waals surface area contributed by atoms with Crippen molar-refractivity contribution in [2.45, 2.75) is 6.92 Å². The molecule has 3 aromatic rings. The molecule has 0 atom stereocenters. The van der Waals surface area contributed by atoms with Crippen LogP contribution in [0.2, 0.25) is 5.02 Å². The minimum absolute atomic E-state index is 0.729. The van der Waals surface area contributed by atoms with Crippen LogP contribution in [0.15, 0.2) is 59.0 Å². The molecule has 3 rings (SSSR count). The highest BCUT2D eigenvalue weighted by Crippen LogP contribution is 2.29. The predicted octanol–water partition coefficient (Wildman–Crippen LogP) is 5.22. The summed E-state index contributed by atoms with van der Waals surface area (Å²) in [5.74, 6) is 0. The highest BCUT2D eigenvalue weighted by Gasteiger charge is 2.06. The van der Waals surface area contributed by atoms with Gasteiger partial charge >= 0.3 is 0 Å². The molecule has 0 bridgehead atoms. The second-order valence-corrected chi connectivity index (χ2v) is 6.00. The molecular formula is C17H14ClN3S. The van der Waals surface area contributed by atoms with Crippen molar-refractivity contribution in [2.24, 2.45) is 5.10 Å². The second-order valence-electron chi connectivity index (χ2n) is 4.73. The normalized spacial score (nSPS) is 11.0. The van der Waals surface area contributed by atoms with Crippen LogP contribution in [0.1, 0.15) is 11.3 Å². The first-order chi connectivity index (χ1) is 10.7. The average Bonchev–Trinajstić information content (AvgIpc) is 2.94. The number of hydrogen-bond acceptors (Lipinski definition) is 4. The first-order valence-electron chi connectivity index (χ1n) is 6.79. The first-order valence-corrected chi connectivity index (χ1v) is 8.05. The Morgan fingerprint density at radius 3 is 2.55 bits per heavy atom. The van der Waals surface area contributed by atoms with E-state index in [1.807, 2.05) is 60.8 Å². The fraction of sp³-hybridized carbons (Fsp3) is 0.0588. The molecule has 22 heavy (non-hydrogen) atoms. The molecule has 0 aliphatic rings. The monoisotopic (exact) mass is 327 g/mol. The average molecular weight is 328 g/mol. The summed E-state index contributed by atoms with van der Waals surface area (Å²) in [5.41, 5.74) is 6.98. The molecule has 5 heteroatoms. The molecule has 0 aliphatic heterocycles. The Bertz CT molecular complexity index is 811. The van der Waals surface area contributed by atoms with E-state index in [0.29, 0.717) is 0 Å². The lowest BCUT2D eigenvalue weighted by molar-refractivity contribution is 1.22. The van der Waals surface area contributed by atoms with E-state index in [1.54, 1.807) is 6.21 Å². The summed E-state index contributed by atoms with van der Waals surface area (Å²) in [6.07, 6.45) is 1.79. The van der Waals surface area contributed by atoms with Crippen molar-refractivity contribution in [1.82, 2.24) is 4.98 Å². The summed E-state index contributed by atoms with van der Waals surface area (Å²) in [5, 5.41) is 7.76. The van der Waals surface area contributed by atoms with Crippen LogP contribution in [0.3, 0.4) is 0 Å². The zero-order valence-corrected chi connectivity index (χ0v) is 13.5. The van der Waals surface area contributed by atoms with E-state index in [2.05, 4.69) is 15.5 Å². The summed E-state index contributed by atoms with van der Waals surface area (Å²) < 4.78 is 0. The summed E-state index contributed by atoms with van der Waals surface area (Å²) in [6.45, 7) is 1.96. The quantitative estimate of drug-likeness (QED) is 0.527. The molecule has 1 aromatic heterocycles. The van der Waals surface area contributed by atoms with Crippen molar-refractivity contribution >= 4 is 34.3 Å². The van der Waals surface area contributed by atoms with E-state index < -0.39 is 0 Å². The van der Waals surface area contributed by atoms with Gasteiger partial charge in [-0.1, -0.05) is 54.1 Å². The second kappa shape index (κ2) is 6.73. The van der Waals surface area contributed by atoms with Crippen LogP contribution in [-0.4, -0.2) is 11.2 Å². The number of aryl methyl sites for hydroxylation is 1. The van der Waals surface area contributed by atoms with Crippen LogP contribution in [0.4, 0.5) is 5.13 Å². The Hall–Kier alpha value is -2.17. The summed E-state index contributed by atoms with van der Waals surface area (Å²) in [4.78, 5) is 4.31. The Labute approximate surface area is 138 Å². The number of aromatic nitrogens is 1. The van der Waals surface area contributed by atoms with Crippen LogP contribution < -0.4 is 5.43 Å². The lowest BCUT2D eigenvalue weighted by atomic mass is 10.0. The van der Waals surface area contributed by atoms with Gasteiger partial charge < -0.3 is 0 Å². The van der Waals surface area contributed by atoms with Gasteiger partial charge in [0.15, 0.2) is 0 Å². The van der Waals surface area contributed by atoms with Crippen molar-refractivity contribution in [2.75, 3.05) is 5.43 Å². The highest BCUT2D eigenvalue weighted by molar-refractivity contribution is 7.13. The number of anilines is 1. The lowest BCUT2D eigenvalue weighted by Gasteiger charge is -2.07. The zero-order chi connectivity index (χ0) is 15.4. The number of hydrazone groups is 1. The fourth-order valence-corrected chi connectivity index (χ4v) is 2.97. The van der Waals surface area contributed by atoms with Gasteiger partial charge in [0.25, 0.3) is 0 Å². The molecule has 0 spiro atoms. The molecule has 0 amide bonds. The van der Waals surface area contributed by atoms with Crippen LogP contribution in [0.25, 0.3) is 11.1 Å². The predicted molar refractivity (Wildman–Crippen MR) is 95.0 cm³/mol. The largest absolute Gasteiger partial charge is 0.253 e. The van der Waals surface area contributed by atoms with Gasteiger partial charge in [-0.2, -0.15) is 5.10 Å². The first kappa shape index (κ1) is 14.8. The molecule has 1 N–H and O–H groups in total. The third-order valence-electron chi connectivity index (χ3n) is 3.11. The lowest BCUT2D eigenvalue weighted by Crippen LogP contribution is -1.93. The van der Waals surface area contributed by atoms with Crippen molar-refractivity contribution in [3.05, 3.63) is 70.2 Å². The van der Waals surface area contributed by atoms with E-state index in [9.17, 15) is 0 Å². The number of rotatable bonds is 4. The fourth-order valence-electron chi connectivity index (χ4n) is 2.10. The molecule has 0 aliphatic carbocycles. The van der Waals surface area contributed by atoms with Gasteiger partial charge in [-0.25, -0.2) is 4.98 Å². The summed E-state index contributed by atoms with van der Waals surface area (Å²) >= 11 is 7.83. The van der Waals surface area contributed by atoms with Gasteiger partial charge in [0.2, 0.25) is 5.13 Å². The number of nitrogens with one attached hydrogen (secondary N) is 1. The van der Waals surface area contributed by atoms with Gasteiger partial charge in [0.1, 0.15) is 0 Å². The van der Waals surface area contributed by atoms with Crippen LogP contribution in [0.5, 0.6) is 0 Å². The van der Waals surface area contributed by atoms with Crippen molar-refractivity contribution in [1.29, 1.82) is 0 Å². The maximum Gasteiger partial charge on any atom is 0.203 e. The number of hydrogen-bond donors (Lipinski definition) is 1. The standard InChI is InChI=1S/C17H14ClN3S/c1-12-11-22-17(20-12)21-19-10-13-6-2-3-7-14(13)15-8-4-5-9-16(15)18/h2-11H,1H3,(H,20,21). The van der Waals surface area contributed by atoms with Gasteiger partial charge in [-0.15, -0.1) is 11.3 Å². The summed E-state index contributed by atoms with van der Waals surface area (Å²) in [6, 6.07) is 15.8. The number of thiazole rings is 1. The van der Waals surface area contributed by atoms with Gasteiger partial charge in [0.05, 0.1) is 11.9 Å². The SMILES string of the molecule is Cc1csc(NN=Cc2ccccc2-c2ccccc2Cl)n1. The molecule has 1 heterocycles. The maximum atomic E-state index is 6.29. The molecule has 0 radical (unpaired) electrons. The molecular weight excluding hydrogens is 314 g/mol. The Balaban J connectivity index is 1.87. The van der Waals surface area contributed by atoms with Crippen LogP contribution in [-0.2, 0) is 0 Å². The third kappa shape index (κ3) is 3.35. The Morgan fingerprint density at radius 2 is 1.82 bits per heavy atom. The Morgan fingerprint density at radius 1 is 1.09 bits per heavy atom. The van der Waals surface area contributed by atoms with Crippen molar-refractivity contribution in [3.63, 3.8) is 0 Å². The molecule has 0 fully saturated rings. The molecule has 0 unspecified atom stereocenters. The smallest absolute Gasteiger partial charge is 0.203 e. The molecule has 2 aromatic carbocycles. The summed E-state index contributed by atoms with van der Waals surface area (Å²) in [7, 11) is 0. The number of nitrogens with zero attached hydrogens (tertiary/aromatic N) is 2. The van der Waals surface area contributed by atoms with Gasteiger partial charge in [-0.3, -0.25) is 5.43 Å². The van der Waals surface area contributed by atoms with Crippen molar-refractivity contribution < 1.29 is 0 Å². The molecule has 110 valence electrons. The number of halogens is 1. The van der Waals surface area contributed by atoms with Crippen molar-refractivity contribution in [3.8, 4) is 11.1 Å². The topological polar surface area (TPSA) is 37.3 Å². The maximum absolute atomic E-state index is 6.29. The Kier molecular flexibility index (Phi) is 4.51. The van der Waals surface area contributed by atoms with E-state index >= 15 is 0 Å². The van der Waals surface area contributed by atoms with Gasteiger partial charge in [-0.05, 0) is 18.6 Å². The van der Waals surface area contributed by atoms with Crippen LogP contribution >= 0.6 is 22.9 Å². The number of benzene rings is 2. The van der Waals surface area contributed by atoms with E-state index in [0.717, 1.165) is 32.5 Å².